The first kappa shape index (κ1) is 41.3. The number of nitrogens with one attached hydrogen (secondary N) is 1. The van der Waals surface area contributed by atoms with Gasteiger partial charge < -0.3 is 20.4 Å². The van der Waals surface area contributed by atoms with E-state index in [0.717, 1.165) is 38.5 Å². The molecule has 9 atom stereocenters. The quantitative estimate of drug-likeness (QED) is 0.199. The van der Waals surface area contributed by atoms with Crippen molar-refractivity contribution >= 4 is 27.3 Å². The van der Waals surface area contributed by atoms with E-state index in [4.69, 9.17) is 4.74 Å². The van der Waals surface area contributed by atoms with Crippen LogP contribution in [0, 0.1) is 55.5 Å². The summed E-state index contributed by atoms with van der Waals surface area (Å²) in [6, 6.07) is 7.38. The Balaban J connectivity index is 0.990. The number of ether oxygens (including phenoxy) is 1. The Morgan fingerprint density at radius 1 is 1.00 bits per heavy atom. The number of carbonyl (C=O) groups excluding carboxylic acids is 3. The monoisotopic (exact) mass is 805 g/mol. The van der Waals surface area contributed by atoms with Crippen LogP contribution in [0.25, 0.3) is 0 Å². The summed E-state index contributed by atoms with van der Waals surface area (Å²) in [7, 11) is -4.26. The Hall–Kier alpha value is -3.84. The number of allylic oxidation sites excluding steroid dienone is 3. The first-order valence-corrected chi connectivity index (χ1v) is 22.0. The van der Waals surface area contributed by atoms with Gasteiger partial charge in [0.1, 0.15) is 6.61 Å². The van der Waals surface area contributed by atoms with Gasteiger partial charge in [0.05, 0.1) is 22.7 Å². The van der Waals surface area contributed by atoms with E-state index in [0.29, 0.717) is 19.3 Å². The highest BCUT2D eigenvalue weighted by Crippen LogP contribution is 2.75. The second-order valence-electron chi connectivity index (χ2n) is 19.7. The number of hydrogen-bond donors (Lipinski definition) is 2. The maximum absolute atomic E-state index is 14.6. The fourth-order valence-electron chi connectivity index (χ4n) is 12.5. The average molecular weight is 806 g/mol. The topological polar surface area (TPSA) is 180 Å². The van der Waals surface area contributed by atoms with Crippen molar-refractivity contribution in [2.45, 2.75) is 129 Å². The molecular weight excluding hydrogens is 747 g/mol. The summed E-state index contributed by atoms with van der Waals surface area (Å²) in [6.45, 7) is 15.5. The van der Waals surface area contributed by atoms with Crippen LogP contribution in [0.5, 0.6) is 5.88 Å². The van der Waals surface area contributed by atoms with Crippen LogP contribution in [0.4, 0.5) is 0 Å². The van der Waals surface area contributed by atoms with Crippen LogP contribution in [0.3, 0.4) is 0 Å². The molecule has 0 bridgehead atoms. The van der Waals surface area contributed by atoms with Crippen LogP contribution in [0.2, 0.25) is 0 Å². The van der Waals surface area contributed by atoms with Crippen LogP contribution in [-0.4, -0.2) is 55.4 Å². The third kappa shape index (κ3) is 6.49. The molecule has 4 saturated carbocycles. The molecule has 12 nitrogen and oxygen atoms in total. The van der Waals surface area contributed by atoms with Crippen LogP contribution < -0.4 is 15.0 Å². The molecule has 57 heavy (non-hydrogen) atoms. The molecule has 0 unspecified atom stereocenters. The van der Waals surface area contributed by atoms with Gasteiger partial charge in [-0.15, -0.1) is 0 Å². The lowest BCUT2D eigenvalue weighted by atomic mass is 9.33. The van der Waals surface area contributed by atoms with Crippen molar-refractivity contribution in [3.05, 3.63) is 59.3 Å². The second kappa shape index (κ2) is 14.2. The van der Waals surface area contributed by atoms with Gasteiger partial charge in [-0.2, -0.15) is 0 Å². The minimum absolute atomic E-state index is 0.000383. The van der Waals surface area contributed by atoms with Crippen molar-refractivity contribution < 1.29 is 42.2 Å². The molecule has 5 aliphatic rings. The molecule has 0 aliphatic heterocycles. The van der Waals surface area contributed by atoms with E-state index >= 15 is 0 Å². The minimum atomic E-state index is -4.26. The summed E-state index contributed by atoms with van der Waals surface area (Å²) in [5.74, 6) is -0.430. The number of carbonyl (C=O) groups is 3. The van der Waals surface area contributed by atoms with Gasteiger partial charge >= 0.3 is 10.9 Å². The number of aromatic nitrogens is 2. The molecule has 0 radical (unpaired) electrons. The summed E-state index contributed by atoms with van der Waals surface area (Å²) >= 11 is 0. The summed E-state index contributed by atoms with van der Waals surface area (Å²) in [6.07, 6.45) is 12.4. The summed E-state index contributed by atoms with van der Waals surface area (Å²) in [5.41, 5.74) is -0.378. The maximum Gasteiger partial charge on any atom is 0.415 e. The molecule has 1 aromatic heterocycles. The van der Waals surface area contributed by atoms with E-state index in [-0.39, 0.29) is 97.8 Å². The zero-order chi connectivity index (χ0) is 41.4. The SMILES string of the molecule is CC1(C)[C@@H](O)CC[C@]2(C)[C@H]3C(=O)C=C4[C@@H]5C[C@@](C)(C(=O)NCC(=O)C/C=C/COc6no[n+]([O-])c6S(=O)(=O)c6ccccc6)CC[C@]5(C)CC[C@@]4(C)[C@]3(C)CC[C@@H]12. The number of amides is 1. The number of aliphatic hydroxyl groups is 1. The van der Waals surface area contributed by atoms with Gasteiger partial charge in [0, 0.05) is 17.8 Å². The van der Waals surface area contributed by atoms with Crippen molar-refractivity contribution in [1.29, 1.82) is 0 Å². The standard InChI is InChI=1S/C44H59N3O9S/c1-39(2)33-16-19-44(7)35(42(33,5)18-17-34(39)50)32(49)25-30-31-26-41(4,21-20-40(31,3)22-23-43(30,44)6)38(51)45-27-28(48)13-11-12-24-55-36-37(47(52)56-46-36)57(53,54)29-14-9-8-10-15-29/h8-12,14-15,25,31,33-35,50H,13,16-24,26-27H2,1-7H3,(H,45,51)/b12-11+/t31-,33-,34-,35+,40+,41-,42-,43+,44+/m0/s1. The predicted molar refractivity (Wildman–Crippen MR) is 210 cm³/mol. The summed E-state index contributed by atoms with van der Waals surface area (Å²) in [4.78, 5) is 41.1. The van der Waals surface area contributed by atoms with Crippen LogP contribution >= 0.6 is 0 Å². The number of nitrogens with zero attached hydrogens (tertiary/aromatic N) is 2. The molecule has 0 spiro atoms. The fourth-order valence-corrected chi connectivity index (χ4v) is 13.8. The third-order valence-corrected chi connectivity index (χ3v) is 18.0. The van der Waals surface area contributed by atoms with Crippen LogP contribution in [0.15, 0.2) is 68.7 Å². The largest absolute Gasteiger partial charge is 0.450 e. The van der Waals surface area contributed by atoms with Crippen molar-refractivity contribution in [2.75, 3.05) is 13.2 Å². The number of fused-ring (bicyclic) bond motifs is 7. The highest BCUT2D eigenvalue weighted by atomic mass is 32.2. The Morgan fingerprint density at radius 3 is 2.42 bits per heavy atom. The molecule has 1 aromatic carbocycles. The lowest BCUT2D eigenvalue weighted by molar-refractivity contribution is -0.832. The van der Waals surface area contributed by atoms with Gasteiger partial charge in [0.15, 0.2) is 11.6 Å². The highest BCUT2D eigenvalue weighted by Gasteiger charge is 2.70. The molecule has 1 heterocycles. The molecule has 4 fully saturated rings. The van der Waals surface area contributed by atoms with Gasteiger partial charge in [-0.3, -0.25) is 19.0 Å². The van der Waals surface area contributed by atoms with Gasteiger partial charge in [0.25, 0.3) is 9.84 Å². The first-order chi connectivity index (χ1) is 26.6. The average Bonchev–Trinajstić information content (AvgIpc) is 3.54. The highest BCUT2D eigenvalue weighted by molar-refractivity contribution is 7.91. The molecule has 2 aromatic rings. The van der Waals surface area contributed by atoms with Crippen molar-refractivity contribution in [3.63, 3.8) is 0 Å². The van der Waals surface area contributed by atoms with Gasteiger partial charge in [-0.05, 0) is 120 Å². The number of sulfone groups is 1. The predicted octanol–water partition coefficient (Wildman–Crippen LogP) is 6.49. The molecule has 5 aliphatic carbocycles. The van der Waals surface area contributed by atoms with E-state index in [9.17, 15) is 33.1 Å². The first-order valence-electron chi connectivity index (χ1n) is 20.6. The Morgan fingerprint density at radius 2 is 1.70 bits per heavy atom. The number of aliphatic hydroxyl groups excluding tert-OH is 1. The Labute approximate surface area is 336 Å². The van der Waals surface area contributed by atoms with Crippen LogP contribution in [0.1, 0.15) is 113 Å². The van der Waals surface area contributed by atoms with E-state index in [2.05, 4.69) is 56.6 Å². The molecule has 310 valence electrons. The zero-order valence-corrected chi connectivity index (χ0v) is 35.2. The Bertz CT molecular complexity index is 2110. The third-order valence-electron chi connectivity index (χ3n) is 16.2. The molecule has 7 rings (SSSR count). The molecule has 0 saturated heterocycles. The second-order valence-corrected chi connectivity index (χ2v) is 21.6. The number of benzene rings is 1. The lowest BCUT2D eigenvalue weighted by Crippen LogP contribution is -2.66. The van der Waals surface area contributed by atoms with Gasteiger partial charge in [0.2, 0.25) is 5.91 Å². The number of hydrogen-bond acceptors (Lipinski definition) is 10. The number of ketones is 2. The number of rotatable bonds is 10. The van der Waals surface area contributed by atoms with E-state index in [1.54, 1.807) is 12.1 Å². The van der Waals surface area contributed by atoms with Gasteiger partial charge in [-0.1, -0.05) is 84.4 Å². The molecule has 1 amide bonds. The van der Waals surface area contributed by atoms with Crippen molar-refractivity contribution in [3.8, 4) is 5.88 Å². The van der Waals surface area contributed by atoms with E-state index in [1.807, 2.05) is 13.0 Å². The summed E-state index contributed by atoms with van der Waals surface area (Å²) in [5, 5.41) is 28.8. The van der Waals surface area contributed by atoms with E-state index < -0.39 is 26.2 Å². The fraction of sp³-hybridized carbons (Fsp3) is 0.659. The summed E-state index contributed by atoms with van der Waals surface area (Å²) < 4.78 is 35.9. The van der Waals surface area contributed by atoms with Crippen molar-refractivity contribution in [1.82, 2.24) is 10.5 Å². The molecule has 2 N–H and O–H groups in total. The Kier molecular flexibility index (Phi) is 10.3. The zero-order valence-electron chi connectivity index (χ0n) is 34.4. The smallest absolute Gasteiger partial charge is 0.415 e. The van der Waals surface area contributed by atoms with E-state index in [1.165, 1.54) is 35.9 Å². The maximum atomic E-state index is 14.6. The van der Waals surface area contributed by atoms with Gasteiger partial charge in [-0.25, -0.2) is 8.42 Å². The molecular formula is C44H59N3O9S. The minimum Gasteiger partial charge on any atom is -0.450 e. The van der Waals surface area contributed by atoms with Crippen molar-refractivity contribution in [2.24, 2.45) is 50.2 Å². The van der Waals surface area contributed by atoms with Crippen LogP contribution in [-0.2, 0) is 24.2 Å². The molecule has 13 heteroatoms. The number of Topliss-reactive ketones (excluding diaryl/α,β-unsaturated/α-hetero) is 1. The lowest BCUT2D eigenvalue weighted by Gasteiger charge is -2.70. The normalized spacial score (nSPS) is 37.3.